The van der Waals surface area contributed by atoms with Crippen LogP contribution in [-0.2, 0) is 9.59 Å². The summed E-state index contributed by atoms with van der Waals surface area (Å²) in [6, 6.07) is 7.38. The van der Waals surface area contributed by atoms with Gasteiger partial charge in [0, 0.05) is 31.4 Å². The highest BCUT2D eigenvalue weighted by molar-refractivity contribution is 5.89. The molecule has 0 bridgehead atoms. The van der Waals surface area contributed by atoms with Crippen LogP contribution in [0, 0.1) is 5.92 Å². The van der Waals surface area contributed by atoms with E-state index in [0.29, 0.717) is 0 Å². The Morgan fingerprint density at radius 3 is 2.57 bits per heavy atom. The number of hydrogen-bond acceptors (Lipinski definition) is 3. The minimum atomic E-state index is -0.106. The summed E-state index contributed by atoms with van der Waals surface area (Å²) >= 11 is 0. The van der Waals surface area contributed by atoms with E-state index in [1.54, 1.807) is 0 Å². The fraction of sp³-hybridized carbons (Fsp3) is 0.500. The number of anilines is 2. The topological polar surface area (TPSA) is 61.4 Å². The Balaban J connectivity index is 1.85. The van der Waals surface area contributed by atoms with Crippen LogP contribution in [0.2, 0.25) is 0 Å². The maximum atomic E-state index is 12.1. The van der Waals surface area contributed by atoms with Gasteiger partial charge in [0.25, 0.3) is 0 Å². The maximum absolute atomic E-state index is 12.1. The van der Waals surface area contributed by atoms with E-state index in [9.17, 15) is 9.59 Å². The van der Waals surface area contributed by atoms with Crippen LogP contribution < -0.4 is 10.6 Å². The van der Waals surface area contributed by atoms with Gasteiger partial charge in [-0.1, -0.05) is 13.0 Å². The highest BCUT2D eigenvalue weighted by atomic mass is 16.2. The smallest absolute Gasteiger partial charge is 0.241 e. The van der Waals surface area contributed by atoms with Crippen molar-refractivity contribution in [3.05, 3.63) is 24.3 Å². The predicted octanol–water partition coefficient (Wildman–Crippen LogP) is 2.32. The van der Waals surface area contributed by atoms with Gasteiger partial charge < -0.3 is 15.5 Å². The molecule has 1 aliphatic heterocycles. The molecule has 0 atom stereocenters. The summed E-state index contributed by atoms with van der Waals surface area (Å²) in [5, 5.41) is 5.85. The summed E-state index contributed by atoms with van der Waals surface area (Å²) in [7, 11) is 0. The molecule has 5 heteroatoms. The average Bonchev–Trinajstić information content (AvgIpc) is 2.45. The van der Waals surface area contributed by atoms with Crippen LogP contribution in [0.5, 0.6) is 0 Å². The number of benzene rings is 1. The van der Waals surface area contributed by atoms with Crippen LogP contribution >= 0.6 is 0 Å². The second-order valence-corrected chi connectivity index (χ2v) is 5.68. The SMILES string of the molecule is CC(=O)Nc1cccc(NCC(=O)N2CCC(C)CC2)c1. The van der Waals surface area contributed by atoms with Gasteiger partial charge in [-0.15, -0.1) is 0 Å². The Morgan fingerprint density at radius 2 is 1.90 bits per heavy atom. The normalized spacial score (nSPS) is 15.6. The molecular weight excluding hydrogens is 266 g/mol. The predicted molar refractivity (Wildman–Crippen MR) is 84.2 cm³/mol. The van der Waals surface area contributed by atoms with E-state index < -0.39 is 0 Å². The maximum Gasteiger partial charge on any atom is 0.241 e. The molecular formula is C16H23N3O2. The first-order valence-electron chi connectivity index (χ1n) is 7.44. The standard InChI is InChI=1S/C16H23N3O2/c1-12-6-8-19(9-7-12)16(21)11-17-14-4-3-5-15(10-14)18-13(2)20/h3-5,10,12,17H,6-9,11H2,1-2H3,(H,18,20). The van der Waals surface area contributed by atoms with Crippen LogP contribution in [0.25, 0.3) is 0 Å². The van der Waals surface area contributed by atoms with Gasteiger partial charge in [-0.25, -0.2) is 0 Å². The lowest BCUT2D eigenvalue weighted by atomic mass is 9.99. The summed E-state index contributed by atoms with van der Waals surface area (Å²) in [4.78, 5) is 25.1. The number of carbonyl (C=O) groups excluding carboxylic acids is 2. The van der Waals surface area contributed by atoms with Gasteiger partial charge in [-0.3, -0.25) is 9.59 Å². The Morgan fingerprint density at radius 1 is 1.24 bits per heavy atom. The largest absolute Gasteiger partial charge is 0.376 e. The molecule has 0 unspecified atom stereocenters. The summed E-state index contributed by atoms with van der Waals surface area (Å²) in [5.74, 6) is 0.744. The highest BCUT2D eigenvalue weighted by Crippen LogP contribution is 2.17. The molecule has 0 aliphatic carbocycles. The van der Waals surface area contributed by atoms with Crippen molar-refractivity contribution >= 4 is 23.2 Å². The second-order valence-electron chi connectivity index (χ2n) is 5.68. The van der Waals surface area contributed by atoms with Gasteiger partial charge in [0.15, 0.2) is 0 Å². The van der Waals surface area contributed by atoms with Crippen molar-refractivity contribution in [2.45, 2.75) is 26.7 Å². The van der Waals surface area contributed by atoms with Crippen molar-refractivity contribution in [3.8, 4) is 0 Å². The zero-order valence-electron chi connectivity index (χ0n) is 12.7. The third-order valence-electron chi connectivity index (χ3n) is 3.76. The first-order chi connectivity index (χ1) is 10.0. The number of piperidine rings is 1. The molecule has 0 spiro atoms. The van der Waals surface area contributed by atoms with E-state index in [1.807, 2.05) is 29.2 Å². The lowest BCUT2D eigenvalue weighted by molar-refractivity contribution is -0.130. The molecule has 5 nitrogen and oxygen atoms in total. The molecule has 1 saturated heterocycles. The molecule has 2 amide bonds. The van der Waals surface area contributed by atoms with Gasteiger partial charge >= 0.3 is 0 Å². The zero-order valence-corrected chi connectivity index (χ0v) is 12.7. The molecule has 0 saturated carbocycles. The van der Waals surface area contributed by atoms with Crippen LogP contribution in [0.1, 0.15) is 26.7 Å². The van der Waals surface area contributed by atoms with Crippen molar-refractivity contribution in [2.75, 3.05) is 30.3 Å². The molecule has 1 aromatic rings. The van der Waals surface area contributed by atoms with Crippen molar-refractivity contribution in [3.63, 3.8) is 0 Å². The van der Waals surface area contributed by atoms with E-state index in [2.05, 4.69) is 17.6 Å². The number of amides is 2. The molecule has 1 aromatic carbocycles. The number of likely N-dealkylation sites (tertiary alicyclic amines) is 1. The van der Waals surface area contributed by atoms with Crippen LogP contribution in [0.4, 0.5) is 11.4 Å². The number of nitrogens with zero attached hydrogens (tertiary/aromatic N) is 1. The van der Waals surface area contributed by atoms with Gasteiger partial charge in [0.1, 0.15) is 0 Å². The molecule has 2 rings (SSSR count). The average molecular weight is 289 g/mol. The van der Waals surface area contributed by atoms with E-state index in [0.717, 1.165) is 43.2 Å². The number of nitrogens with one attached hydrogen (secondary N) is 2. The lowest BCUT2D eigenvalue weighted by Crippen LogP contribution is -2.40. The molecule has 1 fully saturated rings. The van der Waals surface area contributed by atoms with Crippen LogP contribution in [0.15, 0.2) is 24.3 Å². The zero-order chi connectivity index (χ0) is 15.2. The Bertz CT molecular complexity index is 508. The molecule has 0 aromatic heterocycles. The Hall–Kier alpha value is -2.04. The van der Waals surface area contributed by atoms with Gasteiger partial charge in [0.05, 0.1) is 6.54 Å². The van der Waals surface area contributed by atoms with Crippen molar-refractivity contribution < 1.29 is 9.59 Å². The summed E-state index contributed by atoms with van der Waals surface area (Å²) < 4.78 is 0. The number of carbonyl (C=O) groups is 2. The molecule has 2 N–H and O–H groups in total. The van der Waals surface area contributed by atoms with Crippen molar-refractivity contribution in [1.82, 2.24) is 4.90 Å². The number of hydrogen-bond donors (Lipinski definition) is 2. The third-order valence-corrected chi connectivity index (χ3v) is 3.76. The van der Waals surface area contributed by atoms with Gasteiger partial charge in [-0.05, 0) is 37.0 Å². The van der Waals surface area contributed by atoms with E-state index in [-0.39, 0.29) is 18.4 Å². The first kappa shape index (κ1) is 15.4. The monoisotopic (exact) mass is 289 g/mol. The molecule has 21 heavy (non-hydrogen) atoms. The minimum Gasteiger partial charge on any atom is -0.376 e. The summed E-state index contributed by atoms with van der Waals surface area (Å²) in [6.45, 7) is 5.70. The quantitative estimate of drug-likeness (QED) is 0.894. The Kier molecular flexibility index (Phi) is 5.20. The first-order valence-corrected chi connectivity index (χ1v) is 7.44. The highest BCUT2D eigenvalue weighted by Gasteiger charge is 2.19. The third kappa shape index (κ3) is 4.77. The van der Waals surface area contributed by atoms with E-state index in [1.165, 1.54) is 6.92 Å². The Labute approximate surface area is 125 Å². The fourth-order valence-corrected chi connectivity index (χ4v) is 2.46. The van der Waals surface area contributed by atoms with Gasteiger partial charge in [-0.2, -0.15) is 0 Å². The lowest BCUT2D eigenvalue weighted by Gasteiger charge is -2.30. The van der Waals surface area contributed by atoms with E-state index >= 15 is 0 Å². The molecule has 114 valence electrons. The number of rotatable bonds is 4. The van der Waals surface area contributed by atoms with Crippen molar-refractivity contribution in [2.24, 2.45) is 5.92 Å². The van der Waals surface area contributed by atoms with Crippen LogP contribution in [-0.4, -0.2) is 36.3 Å². The fourth-order valence-electron chi connectivity index (χ4n) is 2.46. The van der Waals surface area contributed by atoms with Gasteiger partial charge in [0.2, 0.25) is 11.8 Å². The van der Waals surface area contributed by atoms with E-state index in [4.69, 9.17) is 0 Å². The molecule has 1 aliphatic rings. The van der Waals surface area contributed by atoms with Crippen LogP contribution in [0.3, 0.4) is 0 Å². The van der Waals surface area contributed by atoms with Crippen molar-refractivity contribution in [1.29, 1.82) is 0 Å². The molecule has 1 heterocycles. The summed E-state index contributed by atoms with van der Waals surface area (Å²) in [6.07, 6.45) is 2.17. The minimum absolute atomic E-state index is 0.106. The second kappa shape index (κ2) is 7.11. The molecule has 0 radical (unpaired) electrons. The summed E-state index contributed by atoms with van der Waals surface area (Å²) in [5.41, 5.74) is 1.56.